The molecule has 0 aliphatic heterocycles. The summed E-state index contributed by atoms with van der Waals surface area (Å²) >= 11 is 1.88. The zero-order valence-corrected chi connectivity index (χ0v) is 12.7. The van der Waals surface area contributed by atoms with Crippen molar-refractivity contribution < 1.29 is 14.3 Å². The largest absolute Gasteiger partial charge is 0.478 e. The quantitative estimate of drug-likeness (QED) is 0.898. The van der Waals surface area contributed by atoms with E-state index >= 15 is 0 Å². The van der Waals surface area contributed by atoms with Gasteiger partial charge in [-0.2, -0.15) is 16.7 Å². The van der Waals surface area contributed by atoms with Crippen LogP contribution in [0.2, 0.25) is 0 Å². The minimum atomic E-state index is -0.961. The fraction of sp³-hybridized carbons (Fsp3) is 0.467. The molecule has 1 aromatic carbocycles. The molecule has 2 atom stereocenters. The number of anilines is 1. The second kappa shape index (κ2) is 5.97. The first-order chi connectivity index (χ1) is 10.2. The Bertz CT molecular complexity index is 655. The number of hydrogen-bond donors (Lipinski definition) is 2. The van der Waals surface area contributed by atoms with E-state index in [1.807, 2.05) is 11.8 Å². The van der Waals surface area contributed by atoms with E-state index in [0.717, 1.165) is 6.42 Å². The van der Waals surface area contributed by atoms with E-state index in [2.05, 4.69) is 16.6 Å². The van der Waals surface area contributed by atoms with Gasteiger partial charge in [0.15, 0.2) is 5.58 Å². The van der Waals surface area contributed by atoms with Crippen LogP contribution in [0.5, 0.6) is 0 Å². The summed E-state index contributed by atoms with van der Waals surface area (Å²) in [4.78, 5) is 15.4. The highest BCUT2D eigenvalue weighted by atomic mass is 32.2. The molecule has 1 aliphatic carbocycles. The van der Waals surface area contributed by atoms with Gasteiger partial charge in [0.25, 0.3) is 6.01 Å². The van der Waals surface area contributed by atoms with Gasteiger partial charge in [-0.25, -0.2) is 4.79 Å². The van der Waals surface area contributed by atoms with Gasteiger partial charge in [0, 0.05) is 11.3 Å². The van der Waals surface area contributed by atoms with Gasteiger partial charge >= 0.3 is 5.97 Å². The number of nitrogens with one attached hydrogen (secondary N) is 1. The van der Waals surface area contributed by atoms with Crippen LogP contribution >= 0.6 is 11.8 Å². The van der Waals surface area contributed by atoms with Gasteiger partial charge in [-0.1, -0.05) is 12.8 Å². The summed E-state index contributed by atoms with van der Waals surface area (Å²) in [7, 11) is 0. The molecular formula is C15H18N2O3S. The summed E-state index contributed by atoms with van der Waals surface area (Å²) in [5.74, 6) is -0.961. The van der Waals surface area contributed by atoms with Gasteiger partial charge in [-0.05, 0) is 37.3 Å². The molecule has 0 saturated heterocycles. The number of nitrogens with zero attached hydrogens (tertiary/aromatic N) is 1. The molecule has 2 unspecified atom stereocenters. The van der Waals surface area contributed by atoms with Gasteiger partial charge in [-0.3, -0.25) is 0 Å². The maximum atomic E-state index is 11.0. The van der Waals surface area contributed by atoms with Gasteiger partial charge in [0.2, 0.25) is 0 Å². The molecule has 2 aromatic rings. The lowest BCUT2D eigenvalue weighted by atomic mass is 9.95. The first kappa shape index (κ1) is 14.3. The maximum Gasteiger partial charge on any atom is 0.335 e. The Morgan fingerprint density at radius 1 is 1.43 bits per heavy atom. The van der Waals surface area contributed by atoms with Crippen LogP contribution < -0.4 is 5.32 Å². The average Bonchev–Trinajstić information content (AvgIpc) is 2.89. The number of benzene rings is 1. The average molecular weight is 306 g/mol. The summed E-state index contributed by atoms with van der Waals surface area (Å²) < 4.78 is 5.66. The Balaban J connectivity index is 1.82. The predicted molar refractivity (Wildman–Crippen MR) is 84.2 cm³/mol. The third-order valence-corrected chi connectivity index (χ3v) is 5.12. The summed E-state index contributed by atoms with van der Waals surface area (Å²) in [5.41, 5.74) is 1.40. The minimum Gasteiger partial charge on any atom is -0.478 e. The molecule has 1 aliphatic rings. The third-order valence-electron chi connectivity index (χ3n) is 3.95. The van der Waals surface area contributed by atoms with Crippen LogP contribution in [0.3, 0.4) is 0 Å². The van der Waals surface area contributed by atoms with E-state index in [0.29, 0.717) is 28.4 Å². The number of rotatable bonds is 4. The highest BCUT2D eigenvalue weighted by Crippen LogP contribution is 2.30. The van der Waals surface area contributed by atoms with Crippen molar-refractivity contribution in [3.8, 4) is 0 Å². The van der Waals surface area contributed by atoms with Crippen molar-refractivity contribution in [2.24, 2.45) is 0 Å². The van der Waals surface area contributed by atoms with E-state index in [4.69, 9.17) is 9.52 Å². The topological polar surface area (TPSA) is 75.4 Å². The highest BCUT2D eigenvalue weighted by molar-refractivity contribution is 7.99. The maximum absolute atomic E-state index is 11.0. The first-order valence-electron chi connectivity index (χ1n) is 7.10. The lowest BCUT2D eigenvalue weighted by molar-refractivity contribution is 0.0697. The fourth-order valence-electron chi connectivity index (χ4n) is 2.82. The lowest BCUT2D eigenvalue weighted by Crippen LogP contribution is -2.34. The van der Waals surface area contributed by atoms with Crippen LogP contribution in [0.4, 0.5) is 6.01 Å². The van der Waals surface area contributed by atoms with Crippen LogP contribution in [-0.2, 0) is 0 Å². The van der Waals surface area contributed by atoms with E-state index < -0.39 is 5.97 Å². The molecule has 1 heterocycles. The van der Waals surface area contributed by atoms with Crippen LogP contribution in [0, 0.1) is 0 Å². The van der Waals surface area contributed by atoms with E-state index in [1.54, 1.807) is 12.1 Å². The molecule has 0 bridgehead atoms. The number of aromatic nitrogens is 1. The van der Waals surface area contributed by atoms with E-state index in [1.165, 1.54) is 25.3 Å². The molecule has 2 N–H and O–H groups in total. The second-order valence-electron chi connectivity index (χ2n) is 5.32. The number of hydrogen-bond acceptors (Lipinski definition) is 5. The zero-order chi connectivity index (χ0) is 14.8. The molecule has 1 saturated carbocycles. The monoisotopic (exact) mass is 306 g/mol. The lowest BCUT2D eigenvalue weighted by Gasteiger charge is -2.30. The minimum absolute atomic E-state index is 0.213. The van der Waals surface area contributed by atoms with Crippen molar-refractivity contribution in [1.29, 1.82) is 0 Å². The number of thioether (sulfide) groups is 1. The molecule has 5 nitrogen and oxygen atoms in total. The summed E-state index contributed by atoms with van der Waals surface area (Å²) in [6.07, 6.45) is 6.96. The van der Waals surface area contributed by atoms with E-state index in [9.17, 15) is 4.79 Å². The van der Waals surface area contributed by atoms with Crippen molar-refractivity contribution in [2.75, 3.05) is 11.6 Å². The Labute approximate surface area is 127 Å². The van der Waals surface area contributed by atoms with Crippen molar-refractivity contribution >= 4 is 34.8 Å². The Hall–Kier alpha value is -1.69. The van der Waals surface area contributed by atoms with Crippen molar-refractivity contribution in [3.05, 3.63) is 23.8 Å². The van der Waals surface area contributed by atoms with Crippen molar-refractivity contribution in [1.82, 2.24) is 4.98 Å². The van der Waals surface area contributed by atoms with Gasteiger partial charge in [0.05, 0.1) is 5.56 Å². The molecular weight excluding hydrogens is 288 g/mol. The number of fused-ring (bicyclic) bond motifs is 1. The number of carboxylic acid groups (broad SMARTS) is 1. The molecule has 112 valence electrons. The number of oxazole rings is 1. The standard InChI is InChI=1S/C15H18N2O3S/c1-21-13-5-3-2-4-11(13)17-15-16-10-7-6-9(14(18)19)8-12(10)20-15/h6-8,11,13H,2-5H2,1H3,(H,16,17)(H,18,19). The van der Waals surface area contributed by atoms with E-state index in [-0.39, 0.29) is 5.56 Å². The molecule has 21 heavy (non-hydrogen) atoms. The summed E-state index contributed by atoms with van der Waals surface area (Å²) in [5, 5.41) is 12.9. The van der Waals surface area contributed by atoms with Crippen molar-refractivity contribution in [2.45, 2.75) is 37.0 Å². The van der Waals surface area contributed by atoms with Crippen LogP contribution in [0.1, 0.15) is 36.0 Å². The van der Waals surface area contributed by atoms with Crippen molar-refractivity contribution in [3.63, 3.8) is 0 Å². The normalized spacial score (nSPS) is 22.3. The summed E-state index contributed by atoms with van der Waals surface area (Å²) in [6, 6.07) is 5.59. The molecule has 1 aromatic heterocycles. The molecule has 0 radical (unpaired) electrons. The predicted octanol–water partition coefficient (Wildman–Crippen LogP) is 3.61. The molecule has 0 spiro atoms. The highest BCUT2D eigenvalue weighted by Gasteiger charge is 2.25. The van der Waals surface area contributed by atoms with Crippen LogP contribution in [-0.4, -0.2) is 33.6 Å². The fourth-order valence-corrected chi connectivity index (χ4v) is 3.76. The Morgan fingerprint density at radius 3 is 3.00 bits per heavy atom. The number of carboxylic acids is 1. The second-order valence-corrected chi connectivity index (χ2v) is 6.39. The Morgan fingerprint density at radius 2 is 2.24 bits per heavy atom. The van der Waals surface area contributed by atoms with Gasteiger partial charge in [-0.15, -0.1) is 0 Å². The molecule has 0 amide bonds. The van der Waals surface area contributed by atoms with Gasteiger partial charge < -0.3 is 14.8 Å². The van der Waals surface area contributed by atoms with Crippen LogP contribution in [0.25, 0.3) is 11.1 Å². The number of aromatic carboxylic acids is 1. The van der Waals surface area contributed by atoms with Gasteiger partial charge in [0.1, 0.15) is 5.52 Å². The third kappa shape index (κ3) is 3.00. The van der Waals surface area contributed by atoms with Crippen LogP contribution in [0.15, 0.2) is 22.6 Å². The zero-order valence-electron chi connectivity index (χ0n) is 11.8. The molecule has 3 rings (SSSR count). The number of carbonyl (C=O) groups is 1. The summed E-state index contributed by atoms with van der Waals surface area (Å²) in [6.45, 7) is 0. The molecule has 1 fully saturated rings. The Kier molecular flexibility index (Phi) is 4.05. The first-order valence-corrected chi connectivity index (χ1v) is 8.39. The molecule has 6 heteroatoms. The SMILES string of the molecule is CSC1CCCCC1Nc1nc2ccc(C(=O)O)cc2o1. The smallest absolute Gasteiger partial charge is 0.335 e.